The first kappa shape index (κ1) is 11.2. The first-order valence-corrected chi connectivity index (χ1v) is 6.09. The summed E-state index contributed by atoms with van der Waals surface area (Å²) in [5.41, 5.74) is -0.230. The zero-order valence-electron chi connectivity index (χ0n) is 8.93. The van der Waals surface area contributed by atoms with Crippen LogP contribution >= 0.6 is 11.8 Å². The van der Waals surface area contributed by atoms with Crippen LogP contribution in [0.3, 0.4) is 0 Å². The summed E-state index contributed by atoms with van der Waals surface area (Å²) in [5.74, 6) is 0.602. The van der Waals surface area contributed by atoms with Crippen LogP contribution in [0.2, 0.25) is 0 Å². The van der Waals surface area contributed by atoms with Gasteiger partial charge in [0.25, 0.3) is 0 Å². The van der Waals surface area contributed by atoms with Gasteiger partial charge in [0, 0.05) is 18.8 Å². The Labute approximate surface area is 97.0 Å². The van der Waals surface area contributed by atoms with Crippen molar-refractivity contribution < 1.29 is 0 Å². The maximum absolute atomic E-state index is 11.1. The lowest BCUT2D eigenvalue weighted by molar-refractivity contribution is 0.642. The normalized spacial score (nSPS) is 17.0. The molecule has 86 valence electrons. The minimum Gasteiger partial charge on any atom is -0.298 e. The highest BCUT2D eigenvalue weighted by Crippen LogP contribution is 2.21. The minimum absolute atomic E-state index is 0.177. The minimum atomic E-state index is -0.230. The lowest BCUT2D eigenvalue weighted by atomic mass is 10.4. The molecule has 1 saturated carbocycles. The molecule has 6 nitrogen and oxygen atoms in total. The highest BCUT2D eigenvalue weighted by Gasteiger charge is 2.24. The molecular weight excluding hydrogens is 226 g/mol. The number of aromatic amines is 1. The number of hydrogen-bond acceptors (Lipinski definition) is 5. The average Bonchev–Trinajstić information content (AvgIpc) is 3.04. The number of thioether (sulfide) groups is 1. The first-order chi connectivity index (χ1) is 7.70. The van der Waals surface area contributed by atoms with E-state index in [1.165, 1.54) is 16.3 Å². The van der Waals surface area contributed by atoms with Gasteiger partial charge in [0.05, 0.1) is 6.07 Å². The third-order valence-corrected chi connectivity index (χ3v) is 3.51. The van der Waals surface area contributed by atoms with Crippen LogP contribution in [0.4, 0.5) is 0 Å². The fourth-order valence-corrected chi connectivity index (χ4v) is 2.15. The second-order valence-corrected chi connectivity index (χ2v) is 4.79. The molecule has 2 N–H and O–H groups in total. The summed E-state index contributed by atoms with van der Waals surface area (Å²) in [5, 5.41) is 19.0. The van der Waals surface area contributed by atoms with Crippen molar-refractivity contribution in [3.63, 3.8) is 0 Å². The number of nitrogens with zero attached hydrogens (tertiary/aromatic N) is 3. The molecule has 1 heterocycles. The van der Waals surface area contributed by atoms with Gasteiger partial charge in [-0.3, -0.25) is 9.88 Å². The fourth-order valence-electron chi connectivity index (χ4n) is 1.28. The molecule has 0 amide bonds. The zero-order valence-corrected chi connectivity index (χ0v) is 9.75. The predicted octanol–water partition coefficient (Wildman–Crippen LogP) is -0.155. The summed E-state index contributed by atoms with van der Waals surface area (Å²) in [7, 11) is 1.66. The van der Waals surface area contributed by atoms with Gasteiger partial charge < -0.3 is 0 Å². The highest BCUT2D eigenvalue weighted by atomic mass is 32.2. The van der Waals surface area contributed by atoms with Crippen LogP contribution < -0.4 is 11.0 Å². The van der Waals surface area contributed by atoms with Crippen molar-refractivity contribution in [2.75, 3.05) is 5.75 Å². The molecule has 1 aliphatic carbocycles. The second kappa shape index (κ2) is 4.72. The Morgan fingerprint density at radius 1 is 1.81 bits per heavy atom. The van der Waals surface area contributed by atoms with E-state index in [1.54, 1.807) is 7.05 Å². The summed E-state index contributed by atoms with van der Waals surface area (Å²) in [6.45, 7) is 0. The molecule has 1 fully saturated rings. The van der Waals surface area contributed by atoms with Gasteiger partial charge in [-0.2, -0.15) is 5.26 Å². The molecule has 1 aromatic rings. The molecule has 0 saturated heterocycles. The van der Waals surface area contributed by atoms with Gasteiger partial charge in [-0.05, 0) is 12.8 Å². The van der Waals surface area contributed by atoms with E-state index in [4.69, 9.17) is 5.26 Å². The number of hydrogen-bond donors (Lipinski definition) is 2. The van der Waals surface area contributed by atoms with Gasteiger partial charge in [0.1, 0.15) is 6.04 Å². The summed E-state index contributed by atoms with van der Waals surface area (Å²) in [6, 6.07) is 2.54. The van der Waals surface area contributed by atoms with Crippen LogP contribution in [-0.4, -0.2) is 32.6 Å². The van der Waals surface area contributed by atoms with Crippen molar-refractivity contribution in [2.45, 2.75) is 30.1 Å². The number of rotatable bonds is 5. The predicted molar refractivity (Wildman–Crippen MR) is 60.1 cm³/mol. The lowest BCUT2D eigenvalue weighted by Crippen LogP contribution is -2.31. The molecule has 1 atom stereocenters. The molecule has 0 aromatic carbocycles. The number of H-pyrrole nitrogens is 1. The van der Waals surface area contributed by atoms with Gasteiger partial charge in [-0.25, -0.2) is 9.89 Å². The smallest absolute Gasteiger partial charge is 0.298 e. The van der Waals surface area contributed by atoms with Gasteiger partial charge in [0.2, 0.25) is 0 Å². The quantitative estimate of drug-likeness (QED) is 0.697. The van der Waals surface area contributed by atoms with E-state index in [-0.39, 0.29) is 11.7 Å². The Kier molecular flexibility index (Phi) is 3.31. The van der Waals surface area contributed by atoms with Gasteiger partial charge in [0.15, 0.2) is 5.16 Å². The van der Waals surface area contributed by atoms with Crippen molar-refractivity contribution in [1.82, 2.24) is 20.1 Å². The maximum Gasteiger partial charge on any atom is 0.343 e. The Balaban J connectivity index is 1.87. The van der Waals surface area contributed by atoms with Crippen LogP contribution in [0.1, 0.15) is 12.8 Å². The Bertz CT molecular complexity index is 455. The van der Waals surface area contributed by atoms with Crippen LogP contribution in [0.25, 0.3) is 0 Å². The van der Waals surface area contributed by atoms with Crippen molar-refractivity contribution in [2.24, 2.45) is 7.05 Å². The second-order valence-electron chi connectivity index (χ2n) is 3.80. The van der Waals surface area contributed by atoms with Crippen LogP contribution in [-0.2, 0) is 7.05 Å². The van der Waals surface area contributed by atoms with Crippen LogP contribution in [0, 0.1) is 11.3 Å². The van der Waals surface area contributed by atoms with Crippen molar-refractivity contribution in [3.05, 3.63) is 10.5 Å². The van der Waals surface area contributed by atoms with E-state index in [0.29, 0.717) is 17.0 Å². The van der Waals surface area contributed by atoms with Crippen LogP contribution in [0.15, 0.2) is 9.95 Å². The summed E-state index contributed by atoms with van der Waals surface area (Å²) >= 11 is 1.41. The first-order valence-electron chi connectivity index (χ1n) is 5.10. The van der Waals surface area contributed by atoms with E-state index < -0.39 is 0 Å². The largest absolute Gasteiger partial charge is 0.343 e. The van der Waals surface area contributed by atoms with Gasteiger partial charge >= 0.3 is 5.69 Å². The van der Waals surface area contributed by atoms with Gasteiger partial charge in [-0.15, -0.1) is 5.10 Å². The topological polar surface area (TPSA) is 86.5 Å². The summed E-state index contributed by atoms with van der Waals surface area (Å²) in [6.07, 6.45) is 2.31. The number of nitrogens with one attached hydrogen (secondary N) is 2. The number of nitriles is 1. The van der Waals surface area contributed by atoms with E-state index in [2.05, 4.69) is 21.6 Å². The van der Waals surface area contributed by atoms with E-state index >= 15 is 0 Å². The molecule has 1 aliphatic rings. The Morgan fingerprint density at radius 2 is 2.56 bits per heavy atom. The monoisotopic (exact) mass is 239 g/mol. The van der Waals surface area contributed by atoms with E-state index in [0.717, 1.165) is 12.8 Å². The van der Waals surface area contributed by atoms with Crippen LogP contribution in [0.5, 0.6) is 0 Å². The van der Waals surface area contributed by atoms with E-state index in [9.17, 15) is 4.79 Å². The fraction of sp³-hybridized carbons (Fsp3) is 0.667. The molecule has 1 aromatic heterocycles. The molecule has 16 heavy (non-hydrogen) atoms. The molecule has 2 rings (SSSR count). The SMILES string of the molecule is Cn1c(SCC(C#N)NC2CC2)n[nH]c1=O. The molecule has 0 aliphatic heterocycles. The molecule has 1 unspecified atom stereocenters. The molecule has 7 heteroatoms. The third kappa shape index (κ3) is 2.65. The molecule has 0 bridgehead atoms. The maximum atomic E-state index is 11.1. The Hall–Kier alpha value is -1.26. The summed E-state index contributed by atoms with van der Waals surface area (Å²) < 4.78 is 1.44. The van der Waals surface area contributed by atoms with Crippen molar-refractivity contribution in [3.8, 4) is 6.07 Å². The highest BCUT2D eigenvalue weighted by molar-refractivity contribution is 7.99. The van der Waals surface area contributed by atoms with Crippen molar-refractivity contribution in [1.29, 1.82) is 5.26 Å². The Morgan fingerprint density at radius 3 is 3.06 bits per heavy atom. The van der Waals surface area contributed by atoms with E-state index in [1.807, 2.05) is 0 Å². The van der Waals surface area contributed by atoms with Crippen molar-refractivity contribution >= 4 is 11.8 Å². The number of aromatic nitrogens is 3. The standard InChI is InChI=1S/C9H13N5OS/c1-14-8(15)12-13-9(14)16-5-7(4-10)11-6-2-3-6/h6-7,11H,2-3,5H2,1H3,(H,12,15). The van der Waals surface area contributed by atoms with Gasteiger partial charge in [-0.1, -0.05) is 11.8 Å². The summed E-state index contributed by atoms with van der Waals surface area (Å²) in [4.78, 5) is 11.1. The third-order valence-electron chi connectivity index (χ3n) is 2.39. The molecule has 0 spiro atoms. The molecular formula is C9H13N5OS. The molecule has 0 radical (unpaired) electrons. The zero-order chi connectivity index (χ0) is 11.5. The lowest BCUT2D eigenvalue weighted by Gasteiger charge is -2.08. The average molecular weight is 239 g/mol.